The van der Waals surface area contributed by atoms with E-state index in [-0.39, 0.29) is 72.3 Å². The molecule has 8 aromatic carbocycles. The van der Waals surface area contributed by atoms with E-state index in [1.165, 1.54) is 81.7 Å². The second-order valence-corrected chi connectivity index (χ2v) is 30.7. The Bertz CT molecular complexity index is 5630. The normalized spacial score (nSPS) is 13.5. The van der Waals surface area contributed by atoms with Gasteiger partial charge in [-0.15, -0.1) is 0 Å². The van der Waals surface area contributed by atoms with Crippen LogP contribution in [0.1, 0.15) is 137 Å². The second-order valence-electron chi connectivity index (χ2n) is 30.7. The number of nitrogens with zero attached hydrogens (tertiary/aromatic N) is 9. The van der Waals surface area contributed by atoms with E-state index in [9.17, 15) is 38.4 Å². The highest BCUT2D eigenvalue weighted by molar-refractivity contribution is 6.07. The SMILES string of the molecule is CN1CCN(c2ccc(C(=O)Nc3cccc(COc4cncc(C(N)=O)c4)c3)cc2)CC1.NC(=O)c1cncc(OCc2cccc(NC(=O)c3ccc(N4CCCC4)cc3)c2)c1.NC(=O)c1cncc(OCc2cccc(NC(=O)c3ccc(N4CCCCC4)cc3)c2)c1.NC(=O)c1cncc(OCc2cccc(NC(=O)c3ccc(N4CCOCC4)cc3)c2)c1. The highest BCUT2D eigenvalue weighted by Gasteiger charge is 2.21. The fraction of sp³-hybridized carbons (Fsp3) is 0.224. The van der Waals surface area contributed by atoms with Crippen LogP contribution in [0.3, 0.4) is 0 Å². The maximum absolute atomic E-state index is 12.7. The van der Waals surface area contributed by atoms with E-state index >= 15 is 0 Å². The number of anilines is 8. The second kappa shape index (κ2) is 45.2. The van der Waals surface area contributed by atoms with Gasteiger partial charge in [0, 0.05) is 158 Å². The van der Waals surface area contributed by atoms with Gasteiger partial charge >= 0.3 is 0 Å². The summed E-state index contributed by atoms with van der Waals surface area (Å²) in [6.07, 6.45) is 17.8. The summed E-state index contributed by atoms with van der Waals surface area (Å²) in [6, 6.07) is 66.6. The lowest BCUT2D eigenvalue weighted by molar-refractivity contribution is 0.0991. The minimum absolute atomic E-state index is 0.161. The van der Waals surface area contributed by atoms with Crippen LogP contribution in [0.15, 0.2) is 268 Å². The number of ether oxygens (including phenoxy) is 5. The Labute approximate surface area is 741 Å². The van der Waals surface area contributed by atoms with Crippen LogP contribution < -0.4 is 82.7 Å². The summed E-state index contributed by atoms with van der Waals surface area (Å²) in [5.41, 5.74) is 35.3. The molecule has 30 heteroatoms. The molecule has 656 valence electrons. The number of hydrogen-bond acceptors (Lipinski definition) is 22. The summed E-state index contributed by atoms with van der Waals surface area (Å²) in [6.45, 7) is 12.5. The number of carbonyl (C=O) groups is 8. The topological polar surface area (TPSA) is 403 Å². The summed E-state index contributed by atoms with van der Waals surface area (Å²) in [4.78, 5) is 123. The van der Waals surface area contributed by atoms with Gasteiger partial charge in [0.05, 0.1) is 60.3 Å². The van der Waals surface area contributed by atoms with Gasteiger partial charge in [-0.05, 0) is 231 Å². The Hall–Kier alpha value is -15.6. The van der Waals surface area contributed by atoms with Crippen molar-refractivity contribution in [1.82, 2.24) is 24.8 Å². The number of nitrogens with one attached hydrogen (secondary N) is 4. The van der Waals surface area contributed by atoms with Gasteiger partial charge in [0.2, 0.25) is 23.6 Å². The van der Waals surface area contributed by atoms with Gasteiger partial charge in [0.1, 0.15) is 49.4 Å². The number of rotatable bonds is 28. The maximum atomic E-state index is 12.7. The molecular formula is C98H101N17O13. The molecule has 4 fully saturated rings. The van der Waals surface area contributed by atoms with Gasteiger partial charge < -0.3 is 92.4 Å². The molecule has 4 aliphatic rings. The predicted octanol–water partition coefficient (Wildman–Crippen LogP) is 13.2. The molecule has 4 aromatic heterocycles. The van der Waals surface area contributed by atoms with Crippen LogP contribution in [0.25, 0.3) is 0 Å². The fourth-order valence-electron chi connectivity index (χ4n) is 14.3. The lowest BCUT2D eigenvalue weighted by atomic mass is 10.1. The third-order valence-electron chi connectivity index (χ3n) is 21.3. The van der Waals surface area contributed by atoms with Crippen molar-refractivity contribution in [3.05, 3.63) is 335 Å². The fourth-order valence-corrected chi connectivity index (χ4v) is 14.3. The van der Waals surface area contributed by atoms with Crippen molar-refractivity contribution in [3.8, 4) is 23.0 Å². The van der Waals surface area contributed by atoms with E-state index < -0.39 is 23.6 Å². The van der Waals surface area contributed by atoms with Gasteiger partial charge in [-0.3, -0.25) is 58.3 Å². The van der Waals surface area contributed by atoms with Crippen LogP contribution in [-0.4, -0.2) is 158 Å². The molecule has 12 aromatic rings. The molecule has 8 heterocycles. The molecule has 0 saturated carbocycles. The number of likely N-dealkylation sites (N-methyl/N-ethyl adjacent to an activating group) is 1. The van der Waals surface area contributed by atoms with Gasteiger partial charge in [0.15, 0.2) is 0 Å². The Balaban J connectivity index is 0.000000146. The molecule has 0 bridgehead atoms. The number of carbonyl (C=O) groups excluding carboxylic acids is 8. The van der Waals surface area contributed by atoms with Crippen molar-refractivity contribution in [2.45, 2.75) is 58.5 Å². The van der Waals surface area contributed by atoms with Crippen LogP contribution in [0.5, 0.6) is 23.0 Å². The molecule has 4 aliphatic heterocycles. The van der Waals surface area contributed by atoms with Gasteiger partial charge in [0.25, 0.3) is 23.6 Å². The first-order valence-corrected chi connectivity index (χ1v) is 42.0. The zero-order chi connectivity index (χ0) is 89.5. The van der Waals surface area contributed by atoms with Crippen molar-refractivity contribution in [2.24, 2.45) is 22.9 Å². The molecule has 0 radical (unpaired) electrons. The maximum Gasteiger partial charge on any atom is 0.255 e. The number of nitrogens with two attached hydrogens (primary N) is 4. The zero-order valence-corrected chi connectivity index (χ0v) is 70.9. The van der Waals surface area contributed by atoms with Crippen molar-refractivity contribution < 1.29 is 62.0 Å². The molecule has 4 saturated heterocycles. The highest BCUT2D eigenvalue weighted by atomic mass is 16.5. The third-order valence-corrected chi connectivity index (χ3v) is 21.3. The van der Waals surface area contributed by atoms with Crippen LogP contribution >= 0.6 is 0 Å². The standard InChI is InChI=1S/C25H27N5O3.C25H26N4O3.C24H24N4O4.C24H24N4O3/c1-29-9-11-30(12-10-29)22-7-5-19(6-8-22)25(32)28-21-4-2-3-18(13-21)17-33-23-14-20(24(26)31)15-27-16-23;26-24(30)20-14-23(16-27-15-20)32-17-18-5-4-6-21(13-18)28-25(31)19-7-9-22(10-8-19)29-11-2-1-3-12-29;25-23(29)19-13-22(15-26-14-19)32-16-17-2-1-3-20(12-17)27-24(30)18-4-6-21(7-5-18)28-8-10-31-11-9-28;25-23(29)19-13-22(15-26-14-19)31-16-17-4-3-5-20(12-17)27-24(30)18-6-8-21(9-7-18)28-10-1-2-11-28/h2-8,13-16H,9-12,17H2,1H3,(H2,26,31)(H,28,32);4-10,13-16H,1-3,11-12,17H2,(H2,26,30)(H,28,31);1-7,12-15H,8-11,16H2,(H2,25,29)(H,27,30);3-9,12-15H,1-2,10-11,16H2,(H2,25,29)(H,27,30). The largest absolute Gasteiger partial charge is 0.487 e. The Morgan fingerprint density at radius 3 is 0.789 bits per heavy atom. The number of amides is 8. The van der Waals surface area contributed by atoms with Crippen molar-refractivity contribution in [3.63, 3.8) is 0 Å². The van der Waals surface area contributed by atoms with Crippen molar-refractivity contribution in [2.75, 3.05) is 127 Å². The molecule has 30 nitrogen and oxygen atoms in total. The molecule has 0 unspecified atom stereocenters. The highest BCUT2D eigenvalue weighted by Crippen LogP contribution is 2.28. The molecular weight excluding hydrogens is 1620 g/mol. The van der Waals surface area contributed by atoms with Gasteiger partial charge in [-0.25, -0.2) is 0 Å². The van der Waals surface area contributed by atoms with E-state index in [1.807, 2.05) is 194 Å². The molecule has 16 rings (SSSR count). The lowest BCUT2D eigenvalue weighted by Crippen LogP contribution is -2.44. The Morgan fingerprint density at radius 1 is 0.289 bits per heavy atom. The van der Waals surface area contributed by atoms with E-state index in [0.29, 0.717) is 68.0 Å². The molecule has 8 amide bonds. The van der Waals surface area contributed by atoms with Crippen LogP contribution in [0, 0.1) is 0 Å². The monoisotopic (exact) mass is 1720 g/mol. The average molecular weight is 1720 g/mol. The van der Waals surface area contributed by atoms with Crippen molar-refractivity contribution >= 4 is 92.8 Å². The number of hydrogen-bond donors (Lipinski definition) is 8. The van der Waals surface area contributed by atoms with E-state index in [4.69, 9.17) is 46.6 Å². The quantitative estimate of drug-likeness (QED) is 0.0226. The number of aromatic nitrogens is 4. The summed E-state index contributed by atoms with van der Waals surface area (Å²) >= 11 is 0. The number of benzene rings is 8. The smallest absolute Gasteiger partial charge is 0.255 e. The minimum Gasteiger partial charge on any atom is -0.487 e. The number of piperidine rings is 1. The summed E-state index contributed by atoms with van der Waals surface area (Å²) in [5, 5.41) is 11.7. The minimum atomic E-state index is -0.564. The zero-order valence-electron chi connectivity index (χ0n) is 70.9. The third kappa shape index (κ3) is 27.0. The molecule has 0 atom stereocenters. The first-order valence-electron chi connectivity index (χ1n) is 42.0. The van der Waals surface area contributed by atoms with Gasteiger partial charge in [-0.1, -0.05) is 48.5 Å². The number of primary amides is 4. The Kier molecular flexibility index (Phi) is 31.8. The predicted molar refractivity (Wildman–Crippen MR) is 492 cm³/mol. The van der Waals surface area contributed by atoms with E-state index in [2.05, 4.69) is 72.8 Å². The molecule has 0 spiro atoms. The summed E-state index contributed by atoms with van der Waals surface area (Å²) in [5.74, 6) is -1.14. The Morgan fingerprint density at radius 2 is 0.531 bits per heavy atom. The first kappa shape index (κ1) is 90.2. The summed E-state index contributed by atoms with van der Waals surface area (Å²) in [7, 11) is 2.13. The number of pyridine rings is 4. The van der Waals surface area contributed by atoms with Crippen LogP contribution in [-0.2, 0) is 31.2 Å². The number of piperazine rings is 1. The van der Waals surface area contributed by atoms with Gasteiger partial charge in [-0.2, -0.15) is 0 Å². The average Bonchev–Trinajstić information content (AvgIpc) is 1.76. The first-order chi connectivity index (χ1) is 62.2. The molecule has 12 N–H and O–H groups in total. The van der Waals surface area contributed by atoms with Crippen LogP contribution in [0.4, 0.5) is 45.5 Å². The molecule has 128 heavy (non-hydrogen) atoms. The van der Waals surface area contributed by atoms with Crippen molar-refractivity contribution in [1.29, 1.82) is 0 Å². The lowest BCUT2D eigenvalue weighted by Gasteiger charge is -2.34. The van der Waals surface area contributed by atoms with Crippen LogP contribution in [0.2, 0.25) is 0 Å². The summed E-state index contributed by atoms with van der Waals surface area (Å²) < 4.78 is 28.2. The molecule has 0 aliphatic carbocycles. The van der Waals surface area contributed by atoms with E-state index in [1.54, 1.807) is 24.3 Å². The van der Waals surface area contributed by atoms with E-state index in [0.717, 1.165) is 124 Å². The number of morpholine rings is 1.